The Bertz CT molecular complexity index is 281. The lowest BCUT2D eigenvalue weighted by Crippen LogP contribution is -1.95. The van der Waals surface area contributed by atoms with Crippen molar-refractivity contribution in [2.45, 2.75) is 6.42 Å². The summed E-state index contributed by atoms with van der Waals surface area (Å²) in [5, 5.41) is 10.3. The summed E-state index contributed by atoms with van der Waals surface area (Å²) in [6.07, 6.45) is 0.428. The summed E-state index contributed by atoms with van der Waals surface area (Å²) in [6, 6.07) is 5.89. The highest BCUT2D eigenvalue weighted by Gasteiger charge is 2.03. The molecule has 0 unspecified atom stereocenters. The van der Waals surface area contributed by atoms with Gasteiger partial charge in [0.2, 0.25) is 0 Å². The summed E-state index contributed by atoms with van der Waals surface area (Å²) in [7, 11) is 0. The van der Waals surface area contributed by atoms with E-state index in [1.165, 1.54) is 12.1 Å². The molecule has 0 N–H and O–H groups in total. The lowest BCUT2D eigenvalue weighted by Gasteiger charge is -2.02. The summed E-state index contributed by atoms with van der Waals surface area (Å²) in [6.45, 7) is 5.64. The van der Waals surface area contributed by atoms with Gasteiger partial charge in [-0.1, -0.05) is 0 Å². The molecule has 0 heterocycles. The molecule has 0 saturated heterocycles. The first-order valence-electron chi connectivity index (χ1n) is 3.81. The molecule has 0 saturated carbocycles. The van der Waals surface area contributed by atoms with E-state index in [1.54, 1.807) is 12.1 Å². The Hall–Kier alpha value is -1.58. The molecule has 1 rings (SSSR count). The maximum absolute atomic E-state index is 10.3. The van der Waals surface area contributed by atoms with Gasteiger partial charge in [-0.3, -0.25) is 10.1 Å². The maximum atomic E-state index is 10.3. The van der Waals surface area contributed by atoms with Gasteiger partial charge in [0.1, 0.15) is 5.75 Å². The molecule has 0 bridgehead atoms. The van der Waals surface area contributed by atoms with Crippen LogP contribution in [0.25, 0.3) is 0 Å². The molecule has 4 heteroatoms. The van der Waals surface area contributed by atoms with E-state index in [9.17, 15) is 10.1 Å². The van der Waals surface area contributed by atoms with Gasteiger partial charge in [0.25, 0.3) is 5.69 Å². The van der Waals surface area contributed by atoms with Crippen LogP contribution in [0.3, 0.4) is 0 Å². The fourth-order valence-corrected chi connectivity index (χ4v) is 0.841. The third-order valence-corrected chi connectivity index (χ3v) is 1.43. The highest BCUT2D eigenvalue weighted by molar-refractivity contribution is 5.35. The first-order valence-corrected chi connectivity index (χ1v) is 3.81. The molecule has 1 aromatic carbocycles. The molecule has 0 aliphatic carbocycles. The number of ether oxygens (including phenoxy) is 1. The van der Waals surface area contributed by atoms with Crippen LogP contribution in [0.15, 0.2) is 24.3 Å². The molecule has 68 valence electrons. The van der Waals surface area contributed by atoms with Crippen molar-refractivity contribution in [1.29, 1.82) is 0 Å². The normalized spacial score (nSPS) is 9.62. The number of benzene rings is 1. The van der Waals surface area contributed by atoms with Crippen molar-refractivity contribution < 1.29 is 9.66 Å². The number of hydrogen-bond donors (Lipinski definition) is 0. The predicted molar refractivity (Wildman–Crippen MR) is 47.5 cm³/mol. The highest BCUT2D eigenvalue weighted by atomic mass is 16.6. The van der Waals surface area contributed by atoms with Crippen LogP contribution in [0, 0.1) is 17.0 Å². The first kappa shape index (κ1) is 9.51. The Balaban J connectivity index is 2.64. The molecule has 2 radical (unpaired) electrons. The van der Waals surface area contributed by atoms with Crippen LogP contribution in [0.4, 0.5) is 5.69 Å². The molecule has 0 atom stereocenters. The van der Waals surface area contributed by atoms with Gasteiger partial charge in [0.15, 0.2) is 0 Å². The second-order valence-corrected chi connectivity index (χ2v) is 2.39. The van der Waals surface area contributed by atoms with E-state index in [0.29, 0.717) is 18.8 Å². The zero-order valence-corrected chi connectivity index (χ0v) is 6.97. The Morgan fingerprint density at radius 2 is 2.00 bits per heavy atom. The minimum Gasteiger partial charge on any atom is -0.494 e. The number of hydrogen-bond acceptors (Lipinski definition) is 3. The zero-order chi connectivity index (χ0) is 9.68. The topological polar surface area (TPSA) is 52.4 Å². The van der Waals surface area contributed by atoms with Crippen molar-refractivity contribution in [3.05, 3.63) is 41.3 Å². The Kier molecular flexibility index (Phi) is 3.25. The monoisotopic (exact) mass is 179 g/mol. The number of nitro groups is 1. The molecule has 0 spiro atoms. The lowest BCUT2D eigenvalue weighted by atomic mass is 10.3. The first-order chi connectivity index (χ1) is 6.24. The summed E-state index contributed by atoms with van der Waals surface area (Å²) in [5.74, 6) is 0.594. The van der Waals surface area contributed by atoms with Crippen molar-refractivity contribution >= 4 is 5.69 Å². The summed E-state index contributed by atoms with van der Waals surface area (Å²) in [5.41, 5.74) is 0.0556. The number of nitrogens with zero attached hydrogens (tertiary/aromatic N) is 1. The van der Waals surface area contributed by atoms with Gasteiger partial charge < -0.3 is 4.74 Å². The van der Waals surface area contributed by atoms with Gasteiger partial charge in [-0.05, 0) is 25.5 Å². The van der Waals surface area contributed by atoms with Crippen LogP contribution < -0.4 is 4.74 Å². The van der Waals surface area contributed by atoms with Crippen LogP contribution in [0.5, 0.6) is 5.75 Å². The standard InChI is InChI=1S/C9H9NO3/c1-2-7-13-9-5-3-8(4-6-9)10(11)12/h1,3-6H,2,7H2. The van der Waals surface area contributed by atoms with E-state index >= 15 is 0 Å². The zero-order valence-electron chi connectivity index (χ0n) is 6.97. The van der Waals surface area contributed by atoms with Crippen molar-refractivity contribution in [2.75, 3.05) is 6.61 Å². The molecule has 13 heavy (non-hydrogen) atoms. The van der Waals surface area contributed by atoms with Crippen molar-refractivity contribution in [2.24, 2.45) is 0 Å². The molecule has 0 amide bonds. The van der Waals surface area contributed by atoms with Crippen LogP contribution >= 0.6 is 0 Å². The van der Waals surface area contributed by atoms with Gasteiger partial charge in [-0.15, -0.1) is 0 Å². The Labute approximate surface area is 76.3 Å². The number of nitro benzene ring substituents is 1. The van der Waals surface area contributed by atoms with E-state index in [-0.39, 0.29) is 5.69 Å². The predicted octanol–water partition coefficient (Wildman–Crippen LogP) is 2.07. The van der Waals surface area contributed by atoms with Gasteiger partial charge in [-0.2, -0.15) is 0 Å². The van der Waals surface area contributed by atoms with Crippen molar-refractivity contribution in [3.8, 4) is 5.75 Å². The minimum absolute atomic E-state index is 0.0556. The van der Waals surface area contributed by atoms with Gasteiger partial charge in [-0.25, -0.2) is 0 Å². The largest absolute Gasteiger partial charge is 0.494 e. The SMILES string of the molecule is [CH]CCOc1ccc([N+](=O)[O-])cc1. The molecule has 4 nitrogen and oxygen atoms in total. The van der Waals surface area contributed by atoms with Crippen LogP contribution in [0.2, 0.25) is 0 Å². The van der Waals surface area contributed by atoms with Crippen molar-refractivity contribution in [3.63, 3.8) is 0 Å². The van der Waals surface area contributed by atoms with Gasteiger partial charge in [0.05, 0.1) is 11.5 Å². The van der Waals surface area contributed by atoms with Crippen LogP contribution in [-0.2, 0) is 0 Å². The summed E-state index contributed by atoms with van der Waals surface area (Å²) < 4.78 is 5.14. The van der Waals surface area contributed by atoms with Gasteiger partial charge in [0, 0.05) is 12.1 Å². The van der Waals surface area contributed by atoms with Crippen molar-refractivity contribution in [1.82, 2.24) is 0 Å². The van der Waals surface area contributed by atoms with E-state index in [2.05, 4.69) is 0 Å². The molecular formula is C9H9NO3. The maximum Gasteiger partial charge on any atom is 0.269 e. The lowest BCUT2D eigenvalue weighted by molar-refractivity contribution is -0.384. The number of non-ortho nitro benzene ring substituents is 1. The molecule has 0 fully saturated rings. The highest BCUT2D eigenvalue weighted by Crippen LogP contribution is 2.17. The average molecular weight is 179 g/mol. The smallest absolute Gasteiger partial charge is 0.269 e. The molecule has 0 aliphatic rings. The molecule has 0 aromatic heterocycles. The average Bonchev–Trinajstić information content (AvgIpc) is 2.15. The summed E-state index contributed by atoms with van der Waals surface area (Å²) in [4.78, 5) is 9.82. The van der Waals surface area contributed by atoms with Crippen LogP contribution in [0.1, 0.15) is 6.42 Å². The quantitative estimate of drug-likeness (QED) is 0.525. The van der Waals surface area contributed by atoms with E-state index < -0.39 is 4.92 Å². The van der Waals surface area contributed by atoms with E-state index in [0.717, 1.165) is 0 Å². The van der Waals surface area contributed by atoms with E-state index in [1.807, 2.05) is 0 Å². The molecule has 1 aromatic rings. The Morgan fingerprint density at radius 1 is 1.38 bits per heavy atom. The van der Waals surface area contributed by atoms with Gasteiger partial charge >= 0.3 is 0 Å². The third-order valence-electron chi connectivity index (χ3n) is 1.43. The molecular weight excluding hydrogens is 170 g/mol. The van der Waals surface area contributed by atoms with Crippen LogP contribution in [-0.4, -0.2) is 11.5 Å². The second kappa shape index (κ2) is 4.45. The fourth-order valence-electron chi connectivity index (χ4n) is 0.841. The van der Waals surface area contributed by atoms with E-state index in [4.69, 9.17) is 11.7 Å². The number of rotatable bonds is 4. The summed E-state index contributed by atoms with van der Waals surface area (Å²) >= 11 is 0. The second-order valence-electron chi connectivity index (χ2n) is 2.39. The minimum atomic E-state index is -0.452. The third kappa shape index (κ3) is 2.74. The fraction of sp³-hybridized carbons (Fsp3) is 0.222. The molecule has 0 aliphatic heterocycles. The Morgan fingerprint density at radius 3 is 2.46 bits per heavy atom.